The van der Waals surface area contributed by atoms with Gasteiger partial charge >= 0.3 is 12.3 Å². The normalized spacial score (nSPS) is 16.8. The van der Waals surface area contributed by atoms with Crippen LogP contribution in [0.3, 0.4) is 0 Å². The van der Waals surface area contributed by atoms with Crippen LogP contribution in [0.1, 0.15) is 106 Å². The van der Waals surface area contributed by atoms with Crippen molar-refractivity contribution >= 4 is 18.8 Å². The molecular formula is C23H46O8. The summed E-state index contributed by atoms with van der Waals surface area (Å²) in [6.45, 7) is 14.0. The van der Waals surface area contributed by atoms with E-state index in [0.717, 1.165) is 11.8 Å². The second-order valence-corrected chi connectivity index (χ2v) is 10.1. The zero-order valence-electron chi connectivity index (χ0n) is 20.3. The van der Waals surface area contributed by atoms with E-state index in [4.69, 9.17) is 39.9 Å². The maximum Gasteiger partial charge on any atom is 0.503 e. The van der Waals surface area contributed by atoms with E-state index in [1.54, 1.807) is 0 Å². The van der Waals surface area contributed by atoms with Gasteiger partial charge in [0.1, 0.15) is 0 Å². The molecule has 0 radical (unpaired) electrons. The number of hydrogen-bond acceptors (Lipinski definition) is 3. The third kappa shape index (κ3) is 28.0. The number of carboxylic acid groups (broad SMARTS) is 5. The average molecular weight is 451 g/mol. The first-order valence-corrected chi connectivity index (χ1v) is 11.0. The van der Waals surface area contributed by atoms with Crippen molar-refractivity contribution in [3.05, 3.63) is 0 Å². The van der Waals surface area contributed by atoms with Crippen molar-refractivity contribution in [1.29, 1.82) is 0 Å². The summed E-state index contributed by atoms with van der Waals surface area (Å²) in [5.74, 6) is 2.00. The van der Waals surface area contributed by atoms with Crippen LogP contribution in [-0.4, -0.2) is 44.3 Å². The molecule has 2 fully saturated rings. The minimum Gasteiger partial charge on any atom is -0.483 e. The van der Waals surface area contributed by atoms with Crippen LogP contribution in [0, 0.1) is 22.7 Å². The van der Waals surface area contributed by atoms with E-state index >= 15 is 0 Å². The van der Waals surface area contributed by atoms with Gasteiger partial charge in [-0.2, -0.15) is 0 Å². The highest BCUT2D eigenvalue weighted by molar-refractivity contribution is 5.53. The third-order valence-corrected chi connectivity index (χ3v) is 5.66. The minimum absolute atomic E-state index is 0.250. The summed E-state index contributed by atoms with van der Waals surface area (Å²) >= 11 is 0. The van der Waals surface area contributed by atoms with Crippen LogP contribution in [0.4, 0.5) is 9.59 Å². The van der Waals surface area contributed by atoms with E-state index in [1.165, 1.54) is 64.2 Å². The smallest absolute Gasteiger partial charge is 0.483 e. The van der Waals surface area contributed by atoms with Gasteiger partial charge in [-0.3, -0.25) is 4.79 Å². The summed E-state index contributed by atoms with van der Waals surface area (Å²) in [6, 6.07) is 0. The summed E-state index contributed by atoms with van der Waals surface area (Å²) in [5.41, 5.74) is 1.14. The fraction of sp³-hybridized carbons (Fsp3) is 0.870. The van der Waals surface area contributed by atoms with Crippen molar-refractivity contribution in [2.75, 3.05) is 0 Å². The Labute approximate surface area is 187 Å². The first-order chi connectivity index (χ1) is 14.1. The van der Waals surface area contributed by atoms with Gasteiger partial charge in [0.15, 0.2) is 0 Å². The zero-order chi connectivity index (χ0) is 25.1. The monoisotopic (exact) mass is 450 g/mol. The van der Waals surface area contributed by atoms with E-state index in [2.05, 4.69) is 41.5 Å². The van der Waals surface area contributed by atoms with Gasteiger partial charge in [0.25, 0.3) is 6.47 Å². The summed E-state index contributed by atoms with van der Waals surface area (Å²) in [7, 11) is 0. The fourth-order valence-electron chi connectivity index (χ4n) is 3.94. The van der Waals surface area contributed by atoms with Crippen LogP contribution in [0.25, 0.3) is 0 Å². The average Bonchev–Trinajstić information content (AvgIpc) is 2.62. The van der Waals surface area contributed by atoms with Gasteiger partial charge in [-0.25, -0.2) is 9.59 Å². The quantitative estimate of drug-likeness (QED) is 0.240. The fourth-order valence-corrected chi connectivity index (χ4v) is 3.94. The molecule has 0 aromatic heterocycles. The molecule has 0 unspecified atom stereocenters. The van der Waals surface area contributed by atoms with Crippen molar-refractivity contribution in [1.82, 2.24) is 0 Å². The maximum atomic E-state index is 8.56. The summed E-state index contributed by atoms with van der Waals surface area (Å²) in [4.78, 5) is 25.5. The Bertz CT molecular complexity index is 403. The Balaban J connectivity index is -0.000000349. The molecule has 8 heteroatoms. The van der Waals surface area contributed by atoms with Crippen LogP contribution in [0.2, 0.25) is 0 Å². The molecule has 2 saturated carbocycles. The van der Waals surface area contributed by atoms with Crippen molar-refractivity contribution in [3.8, 4) is 0 Å². The summed E-state index contributed by atoms with van der Waals surface area (Å²) in [5, 5.41) is 34.8. The lowest BCUT2D eigenvalue weighted by Gasteiger charge is -2.33. The molecule has 0 atom stereocenters. The first kappa shape index (κ1) is 33.6. The van der Waals surface area contributed by atoms with E-state index in [1.807, 2.05) is 0 Å². The van der Waals surface area contributed by atoms with Gasteiger partial charge in [-0.05, 0) is 48.3 Å². The van der Waals surface area contributed by atoms with Crippen LogP contribution in [0.5, 0.6) is 0 Å². The maximum absolute atomic E-state index is 8.56. The third-order valence-electron chi connectivity index (χ3n) is 5.66. The lowest BCUT2D eigenvalue weighted by atomic mass is 9.72. The molecular weight excluding hydrogens is 404 g/mol. The highest BCUT2D eigenvalue weighted by Gasteiger charge is 2.26. The van der Waals surface area contributed by atoms with Crippen LogP contribution in [-0.2, 0) is 4.79 Å². The predicted octanol–water partition coefficient (Wildman–Crippen LogP) is 7.37. The zero-order valence-corrected chi connectivity index (χ0v) is 20.3. The molecule has 0 aliphatic heterocycles. The molecule has 31 heavy (non-hydrogen) atoms. The molecule has 0 heterocycles. The van der Waals surface area contributed by atoms with Crippen LogP contribution >= 0.6 is 0 Å². The van der Waals surface area contributed by atoms with Crippen molar-refractivity contribution in [3.63, 3.8) is 0 Å². The van der Waals surface area contributed by atoms with Crippen LogP contribution < -0.4 is 0 Å². The van der Waals surface area contributed by atoms with Gasteiger partial charge in [0, 0.05) is 0 Å². The lowest BCUT2D eigenvalue weighted by Crippen LogP contribution is -2.22. The molecule has 5 N–H and O–H groups in total. The molecule has 2 aliphatic carbocycles. The number of hydrogen-bond donors (Lipinski definition) is 5. The second-order valence-electron chi connectivity index (χ2n) is 10.1. The minimum atomic E-state index is -1.83. The van der Waals surface area contributed by atoms with E-state index in [9.17, 15) is 0 Å². The first-order valence-electron chi connectivity index (χ1n) is 11.0. The summed E-state index contributed by atoms with van der Waals surface area (Å²) in [6.07, 6.45) is 11.1. The van der Waals surface area contributed by atoms with E-state index < -0.39 is 12.3 Å². The van der Waals surface area contributed by atoms with Crippen molar-refractivity contribution in [2.24, 2.45) is 22.7 Å². The van der Waals surface area contributed by atoms with Gasteiger partial charge < -0.3 is 25.5 Å². The summed E-state index contributed by atoms with van der Waals surface area (Å²) < 4.78 is 0. The Hall–Kier alpha value is -1.99. The molecule has 0 spiro atoms. The van der Waals surface area contributed by atoms with Gasteiger partial charge in [-0.15, -0.1) is 0 Å². The molecule has 2 rings (SSSR count). The van der Waals surface area contributed by atoms with Crippen molar-refractivity contribution < 1.29 is 39.9 Å². The molecule has 2 aliphatic rings. The lowest BCUT2D eigenvalue weighted by molar-refractivity contribution is -0.122. The topological polar surface area (TPSA) is 152 Å². The van der Waals surface area contributed by atoms with Gasteiger partial charge in [-0.1, -0.05) is 80.1 Å². The van der Waals surface area contributed by atoms with Gasteiger partial charge in [0.05, 0.1) is 0 Å². The molecule has 0 bridgehead atoms. The molecule has 8 nitrogen and oxygen atoms in total. The number of carbonyl (C=O) groups is 3. The van der Waals surface area contributed by atoms with Crippen LogP contribution in [0.15, 0.2) is 0 Å². The largest absolute Gasteiger partial charge is 0.503 e. The Morgan fingerprint density at radius 3 is 0.871 bits per heavy atom. The Kier molecular flexibility index (Phi) is 20.4. The standard InChI is InChI=1S/2C10H20.2CH2O3.CH2O2/c2*1-10(2,3)9-7-5-4-6-8-9;2*2-1(3)4;2-1-3/h2*9H,4-8H2,1-3H3;2*(H2,2,3,4);1H,(H,2,3). The van der Waals surface area contributed by atoms with E-state index in [-0.39, 0.29) is 6.47 Å². The van der Waals surface area contributed by atoms with Crippen molar-refractivity contribution in [2.45, 2.75) is 106 Å². The predicted molar refractivity (Wildman–Crippen MR) is 122 cm³/mol. The Morgan fingerprint density at radius 2 is 0.774 bits per heavy atom. The van der Waals surface area contributed by atoms with E-state index in [0.29, 0.717) is 10.8 Å². The molecule has 186 valence electrons. The molecule has 0 saturated heterocycles. The molecule has 0 amide bonds. The second kappa shape index (κ2) is 18.8. The number of rotatable bonds is 0. The molecule has 0 aromatic carbocycles. The SMILES string of the molecule is CC(C)(C)C1CCCCC1.CC(C)(C)C1CCCCC1.O=C(O)O.O=C(O)O.O=CO. The highest BCUT2D eigenvalue weighted by Crippen LogP contribution is 2.38. The van der Waals surface area contributed by atoms with Gasteiger partial charge in [0.2, 0.25) is 0 Å². The molecule has 0 aromatic rings. The highest BCUT2D eigenvalue weighted by atomic mass is 16.6. The Morgan fingerprint density at radius 1 is 0.613 bits per heavy atom.